The van der Waals surface area contributed by atoms with Crippen molar-refractivity contribution in [2.24, 2.45) is 0 Å². The second-order valence-electron chi connectivity index (χ2n) is 5.38. The number of hydrogen-bond acceptors (Lipinski definition) is 3. The van der Waals surface area contributed by atoms with Crippen LogP contribution in [0.25, 0.3) is 0 Å². The SMILES string of the molecule is COc1cccc(CNC(=O)N2CCCn3nc(C)cc32)c1. The molecular weight excluding hydrogens is 280 g/mol. The predicted molar refractivity (Wildman–Crippen MR) is 84.2 cm³/mol. The van der Waals surface area contributed by atoms with E-state index < -0.39 is 0 Å². The van der Waals surface area contributed by atoms with Crippen LogP contribution in [0.3, 0.4) is 0 Å². The molecule has 2 amide bonds. The van der Waals surface area contributed by atoms with Crippen LogP contribution in [-0.4, -0.2) is 29.5 Å². The first kappa shape index (κ1) is 14.4. The highest BCUT2D eigenvalue weighted by Crippen LogP contribution is 2.21. The molecule has 0 atom stereocenters. The maximum absolute atomic E-state index is 12.4. The van der Waals surface area contributed by atoms with Gasteiger partial charge in [0, 0.05) is 25.7 Å². The quantitative estimate of drug-likeness (QED) is 0.946. The van der Waals surface area contributed by atoms with Crippen LogP contribution >= 0.6 is 0 Å². The van der Waals surface area contributed by atoms with Crippen molar-refractivity contribution < 1.29 is 9.53 Å². The highest BCUT2D eigenvalue weighted by molar-refractivity contribution is 5.91. The van der Waals surface area contributed by atoms with Crippen molar-refractivity contribution in [3.63, 3.8) is 0 Å². The predicted octanol–water partition coefficient (Wildman–Crippen LogP) is 2.32. The number of ether oxygens (including phenoxy) is 1. The number of benzene rings is 1. The summed E-state index contributed by atoms with van der Waals surface area (Å²) in [7, 11) is 1.63. The van der Waals surface area contributed by atoms with E-state index in [1.807, 2.05) is 41.9 Å². The van der Waals surface area contributed by atoms with E-state index >= 15 is 0 Å². The Morgan fingerprint density at radius 1 is 1.36 bits per heavy atom. The smallest absolute Gasteiger partial charge is 0.323 e. The molecule has 0 unspecified atom stereocenters. The molecule has 1 aromatic carbocycles. The maximum Gasteiger partial charge on any atom is 0.323 e. The minimum atomic E-state index is -0.0938. The lowest BCUT2D eigenvalue weighted by Gasteiger charge is -2.27. The van der Waals surface area contributed by atoms with E-state index in [4.69, 9.17) is 4.74 Å². The number of hydrogen-bond donors (Lipinski definition) is 1. The third kappa shape index (κ3) is 2.90. The Morgan fingerprint density at radius 2 is 2.23 bits per heavy atom. The van der Waals surface area contributed by atoms with E-state index in [1.165, 1.54) is 0 Å². The zero-order valence-electron chi connectivity index (χ0n) is 12.9. The lowest BCUT2D eigenvalue weighted by molar-refractivity contribution is 0.244. The van der Waals surface area contributed by atoms with Gasteiger partial charge < -0.3 is 10.1 Å². The Balaban J connectivity index is 1.67. The fourth-order valence-corrected chi connectivity index (χ4v) is 2.67. The van der Waals surface area contributed by atoms with Crippen LogP contribution in [0.5, 0.6) is 5.75 Å². The first-order chi connectivity index (χ1) is 10.7. The van der Waals surface area contributed by atoms with Crippen LogP contribution < -0.4 is 15.0 Å². The number of carbonyl (C=O) groups is 1. The normalized spacial score (nSPS) is 13.6. The van der Waals surface area contributed by atoms with Gasteiger partial charge >= 0.3 is 6.03 Å². The molecule has 3 rings (SSSR count). The van der Waals surface area contributed by atoms with Gasteiger partial charge in [-0.2, -0.15) is 5.10 Å². The molecule has 0 radical (unpaired) electrons. The van der Waals surface area contributed by atoms with Crippen molar-refractivity contribution in [1.29, 1.82) is 0 Å². The number of aromatic nitrogens is 2. The fourth-order valence-electron chi connectivity index (χ4n) is 2.67. The number of rotatable bonds is 3. The summed E-state index contributed by atoms with van der Waals surface area (Å²) < 4.78 is 7.09. The molecule has 116 valence electrons. The molecule has 0 bridgehead atoms. The van der Waals surface area contributed by atoms with Crippen LogP contribution in [0.15, 0.2) is 30.3 Å². The maximum atomic E-state index is 12.4. The highest BCUT2D eigenvalue weighted by atomic mass is 16.5. The van der Waals surface area contributed by atoms with Gasteiger partial charge in [-0.25, -0.2) is 9.48 Å². The molecule has 0 spiro atoms. The Morgan fingerprint density at radius 3 is 3.05 bits per heavy atom. The van der Waals surface area contributed by atoms with Crippen molar-refractivity contribution in [2.75, 3.05) is 18.6 Å². The van der Waals surface area contributed by atoms with Crippen molar-refractivity contribution in [2.45, 2.75) is 26.4 Å². The number of fused-ring (bicyclic) bond motifs is 1. The summed E-state index contributed by atoms with van der Waals surface area (Å²) in [4.78, 5) is 14.2. The first-order valence-corrected chi connectivity index (χ1v) is 7.40. The van der Waals surface area contributed by atoms with Crippen molar-refractivity contribution in [3.8, 4) is 5.75 Å². The average molecular weight is 300 g/mol. The second kappa shape index (κ2) is 6.09. The monoisotopic (exact) mass is 300 g/mol. The van der Waals surface area contributed by atoms with Crippen molar-refractivity contribution in [3.05, 3.63) is 41.6 Å². The number of nitrogens with zero attached hydrogens (tertiary/aromatic N) is 3. The molecule has 0 saturated carbocycles. The standard InChI is InChI=1S/C16H20N4O2/c1-12-9-15-19(7-4-8-20(15)18-12)16(21)17-11-13-5-3-6-14(10-13)22-2/h3,5-6,9-10H,4,7-8,11H2,1-2H3,(H,17,21). The Hall–Kier alpha value is -2.50. The molecule has 1 aliphatic rings. The number of carbonyl (C=O) groups excluding carboxylic acids is 1. The summed E-state index contributed by atoms with van der Waals surface area (Å²) in [6.07, 6.45) is 0.917. The van der Waals surface area contributed by atoms with Crippen LogP contribution in [0, 0.1) is 6.92 Å². The second-order valence-corrected chi connectivity index (χ2v) is 5.38. The Bertz CT molecular complexity index is 681. The van der Waals surface area contributed by atoms with E-state index in [0.717, 1.165) is 42.3 Å². The molecule has 2 heterocycles. The average Bonchev–Trinajstić information content (AvgIpc) is 2.92. The number of aryl methyl sites for hydroxylation is 2. The lowest BCUT2D eigenvalue weighted by atomic mass is 10.2. The number of nitrogens with one attached hydrogen (secondary N) is 1. The summed E-state index contributed by atoms with van der Waals surface area (Å²) >= 11 is 0. The van der Waals surface area contributed by atoms with Gasteiger partial charge in [-0.15, -0.1) is 0 Å². The molecule has 0 fully saturated rings. The lowest BCUT2D eigenvalue weighted by Crippen LogP contribution is -2.43. The van der Waals surface area contributed by atoms with Gasteiger partial charge in [-0.3, -0.25) is 4.90 Å². The van der Waals surface area contributed by atoms with Gasteiger partial charge in [0.25, 0.3) is 0 Å². The Labute approximate surface area is 129 Å². The number of urea groups is 1. The zero-order valence-corrected chi connectivity index (χ0v) is 12.9. The van der Waals surface area contributed by atoms with Crippen molar-refractivity contribution >= 4 is 11.8 Å². The Kier molecular flexibility index (Phi) is 4.00. The number of anilines is 1. The third-order valence-corrected chi connectivity index (χ3v) is 3.73. The van der Waals surface area contributed by atoms with Gasteiger partial charge in [0.1, 0.15) is 11.6 Å². The largest absolute Gasteiger partial charge is 0.497 e. The van der Waals surface area contributed by atoms with Gasteiger partial charge in [-0.1, -0.05) is 12.1 Å². The van der Waals surface area contributed by atoms with Crippen LogP contribution in [0.4, 0.5) is 10.6 Å². The van der Waals surface area contributed by atoms with Crippen LogP contribution in [0.2, 0.25) is 0 Å². The van der Waals surface area contributed by atoms with Crippen LogP contribution in [0.1, 0.15) is 17.7 Å². The fraction of sp³-hybridized carbons (Fsp3) is 0.375. The summed E-state index contributed by atoms with van der Waals surface area (Å²) in [6, 6.07) is 9.54. The molecule has 6 nitrogen and oxygen atoms in total. The number of amides is 2. The van der Waals surface area contributed by atoms with E-state index in [0.29, 0.717) is 6.54 Å². The molecule has 0 aliphatic carbocycles. The minimum Gasteiger partial charge on any atom is -0.497 e. The minimum absolute atomic E-state index is 0.0938. The van der Waals surface area contributed by atoms with Crippen LogP contribution in [-0.2, 0) is 13.1 Å². The molecular formula is C16H20N4O2. The summed E-state index contributed by atoms with van der Waals surface area (Å²) in [5, 5.41) is 7.36. The summed E-state index contributed by atoms with van der Waals surface area (Å²) in [5.41, 5.74) is 1.94. The van der Waals surface area contributed by atoms with Gasteiger partial charge in [0.2, 0.25) is 0 Å². The van der Waals surface area contributed by atoms with Crippen molar-refractivity contribution in [1.82, 2.24) is 15.1 Å². The topological polar surface area (TPSA) is 59.4 Å². The third-order valence-electron chi connectivity index (χ3n) is 3.73. The van der Waals surface area contributed by atoms with E-state index in [2.05, 4.69) is 10.4 Å². The molecule has 1 N–H and O–H groups in total. The zero-order chi connectivity index (χ0) is 15.5. The molecule has 1 aliphatic heterocycles. The molecule has 6 heteroatoms. The number of methoxy groups -OCH3 is 1. The molecule has 1 aromatic heterocycles. The van der Waals surface area contributed by atoms with E-state index in [-0.39, 0.29) is 6.03 Å². The van der Waals surface area contributed by atoms with E-state index in [1.54, 1.807) is 12.0 Å². The molecule has 2 aromatic rings. The highest BCUT2D eigenvalue weighted by Gasteiger charge is 2.23. The summed E-state index contributed by atoms with van der Waals surface area (Å²) in [6.45, 7) is 4.00. The molecule has 22 heavy (non-hydrogen) atoms. The van der Waals surface area contributed by atoms with Gasteiger partial charge in [0.05, 0.1) is 12.8 Å². The summed E-state index contributed by atoms with van der Waals surface area (Å²) in [5.74, 6) is 1.66. The first-order valence-electron chi connectivity index (χ1n) is 7.40. The van der Waals surface area contributed by atoms with Gasteiger partial charge in [0.15, 0.2) is 0 Å². The molecule has 0 saturated heterocycles. The van der Waals surface area contributed by atoms with Gasteiger partial charge in [-0.05, 0) is 31.0 Å². The van der Waals surface area contributed by atoms with E-state index in [9.17, 15) is 4.79 Å².